The Hall–Kier alpha value is -4.72. The molecule has 4 rings (SSSR count). The summed E-state index contributed by atoms with van der Waals surface area (Å²) in [4.78, 5) is 51.0. The molecule has 234 valence electrons. The molecule has 0 saturated carbocycles. The third-order valence-electron chi connectivity index (χ3n) is 6.61. The molecule has 1 amide bonds. The molecular weight excluding hydrogens is 586 g/mol. The summed E-state index contributed by atoms with van der Waals surface area (Å²) >= 11 is 0. The highest BCUT2D eigenvalue weighted by molar-refractivity contribution is 7.92. The predicted molar refractivity (Wildman–Crippen MR) is 168 cm³/mol. The number of esters is 1. The number of imidazole rings is 1. The molecule has 2 aromatic carbocycles. The van der Waals surface area contributed by atoms with Crippen LogP contribution in [0.25, 0.3) is 11.2 Å². The van der Waals surface area contributed by atoms with Gasteiger partial charge in [0.15, 0.2) is 11.5 Å². The molecule has 0 bridgehead atoms. The number of carbonyl (C=O) groups is 2. The number of sulfonamides is 1. The lowest BCUT2D eigenvalue weighted by molar-refractivity contribution is -0.159. The van der Waals surface area contributed by atoms with Crippen molar-refractivity contribution in [1.82, 2.24) is 24.0 Å². The molecule has 0 spiro atoms. The Morgan fingerprint density at radius 3 is 2.18 bits per heavy atom. The first kappa shape index (κ1) is 32.2. The molecule has 0 radical (unpaired) electrons. The molecule has 0 aliphatic rings. The smallest absolute Gasteiger partial charge is 0.339 e. The summed E-state index contributed by atoms with van der Waals surface area (Å²) < 4.78 is 34.9. The lowest BCUT2D eigenvalue weighted by Gasteiger charge is -2.30. The highest BCUT2D eigenvalue weighted by atomic mass is 32.2. The third kappa shape index (κ3) is 7.43. The third-order valence-corrected chi connectivity index (χ3v) is 8.05. The van der Waals surface area contributed by atoms with Crippen molar-refractivity contribution in [2.24, 2.45) is 0 Å². The summed E-state index contributed by atoms with van der Waals surface area (Å²) in [5.41, 5.74) is 5.97. The van der Waals surface area contributed by atoms with E-state index < -0.39 is 39.4 Å². The molecule has 13 nitrogen and oxygen atoms in total. The van der Waals surface area contributed by atoms with E-state index in [1.807, 2.05) is 36.4 Å². The maximum absolute atomic E-state index is 14.1. The highest BCUT2D eigenvalue weighted by Gasteiger charge is 2.35. The maximum Gasteiger partial charge on any atom is 0.339 e. The Labute approximate surface area is 255 Å². The zero-order chi connectivity index (χ0) is 32.2. The van der Waals surface area contributed by atoms with Crippen molar-refractivity contribution < 1.29 is 22.7 Å². The molecule has 0 aliphatic heterocycles. The summed E-state index contributed by atoms with van der Waals surface area (Å²) in [7, 11) is -2.39. The summed E-state index contributed by atoms with van der Waals surface area (Å²) in [5, 5.41) is 0. The van der Waals surface area contributed by atoms with E-state index in [1.54, 1.807) is 52.0 Å². The number of nitrogens with zero attached hydrogens (tertiary/aromatic N) is 5. The topological polar surface area (TPSA) is 172 Å². The summed E-state index contributed by atoms with van der Waals surface area (Å²) in [6.07, 6.45) is 0.468. The molecule has 0 saturated heterocycles. The minimum absolute atomic E-state index is 0.00270. The number of hydrogen-bond donors (Lipinski definition) is 2. The van der Waals surface area contributed by atoms with Gasteiger partial charge in [-0.1, -0.05) is 67.6 Å². The number of nitrogen functional groups attached to an aromatic ring is 1. The van der Waals surface area contributed by atoms with Gasteiger partial charge in [0.2, 0.25) is 16.0 Å². The van der Waals surface area contributed by atoms with Crippen molar-refractivity contribution in [2.45, 2.75) is 58.7 Å². The van der Waals surface area contributed by atoms with E-state index in [1.165, 1.54) is 11.6 Å². The van der Waals surface area contributed by atoms with Gasteiger partial charge < -0.3 is 15.4 Å². The van der Waals surface area contributed by atoms with Crippen molar-refractivity contribution in [2.75, 3.05) is 23.3 Å². The Morgan fingerprint density at radius 1 is 1.02 bits per heavy atom. The second kappa shape index (κ2) is 12.9. The fraction of sp³-hybridized carbons (Fsp3) is 0.367. The number of rotatable bonds is 10. The van der Waals surface area contributed by atoms with Gasteiger partial charge in [-0.05, 0) is 38.3 Å². The fourth-order valence-corrected chi connectivity index (χ4v) is 5.65. The molecule has 0 fully saturated rings. The average molecular weight is 624 g/mol. The molecule has 3 N–H and O–H groups in total. The lowest BCUT2D eigenvalue weighted by Crippen LogP contribution is -2.49. The van der Waals surface area contributed by atoms with Gasteiger partial charge in [-0.25, -0.2) is 27.4 Å². The van der Waals surface area contributed by atoms with Crippen LogP contribution in [0.15, 0.2) is 65.5 Å². The first-order valence-electron chi connectivity index (χ1n) is 14.1. The van der Waals surface area contributed by atoms with E-state index in [0.717, 1.165) is 20.6 Å². The molecular formula is C30H37N7O6S. The van der Waals surface area contributed by atoms with Crippen molar-refractivity contribution in [1.29, 1.82) is 0 Å². The van der Waals surface area contributed by atoms with Crippen LogP contribution in [0.5, 0.6) is 0 Å². The number of amides is 1. The van der Waals surface area contributed by atoms with Gasteiger partial charge in [0.05, 0.1) is 12.3 Å². The van der Waals surface area contributed by atoms with Crippen LogP contribution in [0.3, 0.4) is 0 Å². The molecule has 2 heterocycles. The van der Waals surface area contributed by atoms with Gasteiger partial charge in [-0.3, -0.25) is 9.29 Å². The van der Waals surface area contributed by atoms with Crippen molar-refractivity contribution >= 4 is 45.0 Å². The van der Waals surface area contributed by atoms with Crippen LogP contribution in [0.4, 0.5) is 16.6 Å². The second-order valence-corrected chi connectivity index (χ2v) is 13.2. The van der Waals surface area contributed by atoms with Gasteiger partial charge in [0, 0.05) is 13.5 Å². The maximum atomic E-state index is 14.1. The van der Waals surface area contributed by atoms with E-state index in [2.05, 4.69) is 14.7 Å². The number of carbonyl (C=O) groups excluding carboxylic acids is 2. The van der Waals surface area contributed by atoms with Gasteiger partial charge >= 0.3 is 17.7 Å². The molecule has 1 atom stereocenters. The molecule has 44 heavy (non-hydrogen) atoms. The van der Waals surface area contributed by atoms with Crippen LogP contribution < -0.4 is 16.1 Å². The van der Waals surface area contributed by atoms with E-state index >= 15 is 0 Å². The number of likely N-dealkylation sites (N-methyl/N-ethyl adjacent to an activating group) is 1. The highest BCUT2D eigenvalue weighted by Crippen LogP contribution is 2.23. The van der Waals surface area contributed by atoms with Crippen LogP contribution >= 0.6 is 0 Å². The fourth-order valence-electron chi connectivity index (χ4n) is 4.64. The van der Waals surface area contributed by atoms with Crippen molar-refractivity contribution in [3.63, 3.8) is 0 Å². The second-order valence-electron chi connectivity index (χ2n) is 11.3. The van der Waals surface area contributed by atoms with E-state index in [9.17, 15) is 22.8 Å². The number of aromatic nitrogens is 4. The summed E-state index contributed by atoms with van der Waals surface area (Å²) in [6.45, 7) is 6.87. The van der Waals surface area contributed by atoms with Crippen LogP contribution in [-0.2, 0) is 32.5 Å². The molecule has 14 heteroatoms. The van der Waals surface area contributed by atoms with Gasteiger partial charge in [-0.15, -0.1) is 0 Å². The number of hydrogen-bond acceptors (Lipinski definition) is 9. The lowest BCUT2D eigenvalue weighted by atomic mass is 10.0. The summed E-state index contributed by atoms with van der Waals surface area (Å²) in [5.74, 6) is -1.47. The Kier molecular flexibility index (Phi) is 9.42. The summed E-state index contributed by atoms with van der Waals surface area (Å²) in [6, 6.07) is 16.1. The van der Waals surface area contributed by atoms with Crippen LogP contribution in [0, 0.1) is 0 Å². The van der Waals surface area contributed by atoms with E-state index in [-0.39, 0.29) is 41.6 Å². The SMILES string of the molecule is CCCS(=O)(=O)Nc1nc(N)c2c(n1)n(Cc1ccccc1)c(=O)n2C(=O)N(C)C(Cc1ccccc1)C(=O)OC(C)(C)C. The average Bonchev–Trinajstić information content (AvgIpc) is 3.22. The largest absolute Gasteiger partial charge is 0.458 e. The Balaban J connectivity index is 1.86. The zero-order valence-corrected chi connectivity index (χ0v) is 26.2. The number of nitrogens with one attached hydrogen (secondary N) is 1. The Morgan fingerprint density at radius 2 is 1.61 bits per heavy atom. The molecule has 2 aromatic heterocycles. The number of nitrogens with two attached hydrogens (primary N) is 1. The minimum Gasteiger partial charge on any atom is -0.458 e. The molecule has 4 aromatic rings. The standard InChI is InChI=1S/C30H37N7O6S/c1-6-17-44(41,42)34-27-32-24(31)23-25(33-27)36(19-21-15-11-8-12-16-21)29(40)37(23)28(39)35(5)22(26(38)43-30(2,3)4)18-20-13-9-7-10-14-20/h7-16,22H,6,17-19H2,1-5H3,(H3,31,32,33,34). The van der Waals surface area contributed by atoms with Crippen LogP contribution in [0.1, 0.15) is 45.2 Å². The van der Waals surface area contributed by atoms with Crippen molar-refractivity contribution in [3.8, 4) is 0 Å². The van der Waals surface area contributed by atoms with Gasteiger partial charge in [0.25, 0.3) is 0 Å². The number of benzene rings is 2. The first-order chi connectivity index (χ1) is 20.7. The molecule has 0 aliphatic carbocycles. The van der Waals surface area contributed by atoms with E-state index in [0.29, 0.717) is 6.42 Å². The quantitative estimate of drug-likeness (QED) is 0.252. The number of ether oxygens (including phenoxy) is 1. The number of fused-ring (bicyclic) bond motifs is 1. The van der Waals surface area contributed by atoms with Crippen LogP contribution in [0.2, 0.25) is 0 Å². The minimum atomic E-state index is -3.79. The number of anilines is 2. The van der Waals surface area contributed by atoms with Gasteiger partial charge in [0.1, 0.15) is 17.2 Å². The zero-order valence-electron chi connectivity index (χ0n) is 25.4. The van der Waals surface area contributed by atoms with Gasteiger partial charge in [-0.2, -0.15) is 9.97 Å². The Bertz CT molecular complexity index is 1810. The van der Waals surface area contributed by atoms with Crippen LogP contribution in [-0.4, -0.2) is 68.9 Å². The molecule has 1 unspecified atom stereocenters. The van der Waals surface area contributed by atoms with Crippen molar-refractivity contribution in [3.05, 3.63) is 82.3 Å². The van der Waals surface area contributed by atoms with E-state index in [4.69, 9.17) is 10.5 Å². The normalized spacial score (nSPS) is 12.6. The monoisotopic (exact) mass is 623 g/mol. The first-order valence-corrected chi connectivity index (χ1v) is 15.7. The predicted octanol–water partition coefficient (Wildman–Crippen LogP) is 3.23.